The Morgan fingerprint density at radius 3 is 1.67 bits per heavy atom. The van der Waals surface area contributed by atoms with E-state index in [1.807, 2.05) is 25.7 Å². The number of carbonyl (C=O) groups is 1. The van der Waals surface area contributed by atoms with E-state index in [9.17, 15) is 4.79 Å². The van der Waals surface area contributed by atoms with Crippen LogP contribution in [0, 0.1) is 0 Å². The van der Waals surface area contributed by atoms with Crippen LogP contribution in [0.1, 0.15) is 56.7 Å². The molecule has 0 saturated carbocycles. The Balaban J connectivity index is 1.62. The highest BCUT2D eigenvalue weighted by atomic mass is 32.3. The molecular weight excluding hydrogens is 462 g/mol. The van der Waals surface area contributed by atoms with E-state index < -0.39 is 15.6 Å². The SMILES string of the molecule is CC(C)(C)OC(=O)N1CCCC1CCS(Cc1ccccc1)(Cc1ccccc1)Cc1ccccc1. The number of nitrogens with zero attached hydrogens (tertiary/aromatic N) is 1. The minimum Gasteiger partial charge on any atom is -0.444 e. The third kappa shape index (κ3) is 7.64. The monoisotopic (exact) mass is 503 g/mol. The summed E-state index contributed by atoms with van der Waals surface area (Å²) in [5, 5.41) is 0. The third-order valence-corrected chi connectivity index (χ3v) is 10.8. The lowest BCUT2D eigenvalue weighted by Gasteiger charge is -2.42. The summed E-state index contributed by atoms with van der Waals surface area (Å²) in [6.45, 7) is 6.65. The predicted octanol–water partition coefficient (Wildman–Crippen LogP) is 8.18. The maximum Gasteiger partial charge on any atom is 0.410 e. The van der Waals surface area contributed by atoms with E-state index in [-0.39, 0.29) is 12.1 Å². The van der Waals surface area contributed by atoms with Crippen molar-refractivity contribution in [1.29, 1.82) is 0 Å². The fraction of sp³-hybridized carbons (Fsp3) is 0.406. The molecule has 3 nitrogen and oxygen atoms in total. The second kappa shape index (κ2) is 12.0. The first-order valence-corrected chi connectivity index (χ1v) is 15.5. The van der Waals surface area contributed by atoms with Crippen LogP contribution in [-0.2, 0) is 22.0 Å². The van der Waals surface area contributed by atoms with E-state index in [0.29, 0.717) is 0 Å². The molecule has 0 aromatic heterocycles. The topological polar surface area (TPSA) is 29.5 Å². The zero-order valence-corrected chi connectivity index (χ0v) is 22.9. The van der Waals surface area contributed by atoms with Gasteiger partial charge in [-0.3, -0.25) is 0 Å². The molecule has 1 unspecified atom stereocenters. The molecule has 36 heavy (non-hydrogen) atoms. The molecule has 1 fully saturated rings. The van der Waals surface area contributed by atoms with Crippen LogP contribution in [0.15, 0.2) is 91.0 Å². The Kier molecular flexibility index (Phi) is 8.79. The van der Waals surface area contributed by atoms with Crippen molar-refractivity contribution in [3.63, 3.8) is 0 Å². The summed E-state index contributed by atoms with van der Waals surface area (Å²) in [5.74, 6) is 4.42. The van der Waals surface area contributed by atoms with Crippen molar-refractivity contribution in [2.24, 2.45) is 0 Å². The molecule has 1 heterocycles. The van der Waals surface area contributed by atoms with E-state index in [1.165, 1.54) is 16.7 Å². The molecule has 4 rings (SSSR count). The fourth-order valence-corrected chi connectivity index (χ4v) is 9.45. The Morgan fingerprint density at radius 1 is 0.806 bits per heavy atom. The summed E-state index contributed by atoms with van der Waals surface area (Å²) in [6.07, 6.45) is 3.00. The first-order chi connectivity index (χ1) is 17.3. The molecule has 1 aliphatic rings. The Labute approximate surface area is 219 Å². The van der Waals surface area contributed by atoms with Crippen molar-refractivity contribution in [2.75, 3.05) is 12.3 Å². The van der Waals surface area contributed by atoms with E-state index in [1.54, 1.807) is 0 Å². The van der Waals surface area contributed by atoms with Gasteiger partial charge in [0.15, 0.2) is 0 Å². The number of amides is 1. The van der Waals surface area contributed by atoms with Crippen LogP contribution in [0.5, 0.6) is 0 Å². The van der Waals surface area contributed by atoms with Crippen LogP contribution in [0.2, 0.25) is 0 Å². The lowest BCUT2D eigenvalue weighted by molar-refractivity contribution is 0.0224. The van der Waals surface area contributed by atoms with Crippen LogP contribution in [-0.4, -0.2) is 34.9 Å². The van der Waals surface area contributed by atoms with Crippen LogP contribution in [0.3, 0.4) is 0 Å². The summed E-state index contributed by atoms with van der Waals surface area (Å²) < 4.78 is 5.76. The standard InChI is InChI=1S/C32H41NO2S/c1-32(2,3)35-31(34)33-22-13-20-30(33)21-23-36(24-27-14-7-4-8-15-27,25-28-16-9-5-10-17-28)26-29-18-11-6-12-19-29/h4-12,14-19,30H,13,20-26H2,1-3H3. The van der Waals surface area contributed by atoms with Crippen molar-refractivity contribution in [3.8, 4) is 0 Å². The van der Waals surface area contributed by atoms with Gasteiger partial charge >= 0.3 is 6.09 Å². The van der Waals surface area contributed by atoms with Gasteiger partial charge in [-0.05, 0) is 62.5 Å². The van der Waals surface area contributed by atoms with Gasteiger partial charge in [-0.2, -0.15) is 0 Å². The molecule has 3 aromatic rings. The Morgan fingerprint density at radius 2 is 1.25 bits per heavy atom. The largest absolute Gasteiger partial charge is 0.444 e. The number of likely N-dealkylation sites (tertiary alicyclic amines) is 1. The zero-order valence-electron chi connectivity index (χ0n) is 22.1. The third-order valence-electron chi connectivity index (χ3n) is 6.84. The van der Waals surface area contributed by atoms with Gasteiger partial charge in [0, 0.05) is 29.8 Å². The number of ether oxygens (including phenoxy) is 1. The quantitative estimate of drug-likeness (QED) is 0.295. The van der Waals surface area contributed by atoms with Gasteiger partial charge < -0.3 is 9.64 Å². The van der Waals surface area contributed by atoms with Gasteiger partial charge in [-0.15, -0.1) is 0 Å². The highest BCUT2D eigenvalue weighted by molar-refractivity contribution is 8.31. The fourth-order valence-electron chi connectivity index (χ4n) is 5.24. The molecule has 1 atom stereocenters. The second-order valence-electron chi connectivity index (χ2n) is 11.1. The van der Waals surface area contributed by atoms with E-state index in [2.05, 4.69) is 91.0 Å². The molecule has 0 bridgehead atoms. The minimum absolute atomic E-state index is 0.153. The average Bonchev–Trinajstić information content (AvgIpc) is 3.33. The Hall–Kier alpha value is -2.72. The molecular formula is C32H41NO2S. The average molecular weight is 504 g/mol. The Bertz CT molecular complexity index is 978. The smallest absolute Gasteiger partial charge is 0.410 e. The minimum atomic E-state index is -1.11. The molecule has 1 amide bonds. The number of rotatable bonds is 9. The number of hydrogen-bond donors (Lipinski definition) is 0. The van der Waals surface area contributed by atoms with Gasteiger partial charge in [0.05, 0.1) is 0 Å². The lowest BCUT2D eigenvalue weighted by atomic mass is 10.2. The van der Waals surface area contributed by atoms with E-state index in [4.69, 9.17) is 4.74 Å². The van der Waals surface area contributed by atoms with Crippen LogP contribution in [0.25, 0.3) is 0 Å². The van der Waals surface area contributed by atoms with Gasteiger partial charge in [-0.25, -0.2) is 14.8 Å². The van der Waals surface area contributed by atoms with Crippen molar-refractivity contribution in [2.45, 2.75) is 68.9 Å². The predicted molar refractivity (Wildman–Crippen MR) is 153 cm³/mol. The summed E-state index contributed by atoms with van der Waals surface area (Å²) >= 11 is 0. The maximum atomic E-state index is 13.0. The first-order valence-electron chi connectivity index (χ1n) is 13.2. The van der Waals surface area contributed by atoms with E-state index in [0.717, 1.165) is 48.8 Å². The summed E-state index contributed by atoms with van der Waals surface area (Å²) in [4.78, 5) is 15.0. The van der Waals surface area contributed by atoms with Gasteiger partial charge in [0.1, 0.15) is 5.60 Å². The normalized spacial score (nSPS) is 16.6. The van der Waals surface area contributed by atoms with Crippen LogP contribution >= 0.6 is 10.0 Å². The molecule has 192 valence electrons. The summed E-state index contributed by atoms with van der Waals surface area (Å²) in [5.41, 5.74) is 3.77. The maximum absolute atomic E-state index is 13.0. The molecule has 1 aliphatic heterocycles. The first kappa shape index (κ1) is 26.3. The number of carbonyl (C=O) groups excluding carboxylic acids is 1. The molecule has 0 N–H and O–H groups in total. The van der Waals surface area contributed by atoms with Crippen molar-refractivity contribution in [3.05, 3.63) is 108 Å². The van der Waals surface area contributed by atoms with E-state index >= 15 is 0 Å². The number of hydrogen-bond acceptors (Lipinski definition) is 2. The van der Waals surface area contributed by atoms with Crippen molar-refractivity contribution < 1.29 is 9.53 Å². The zero-order chi connectivity index (χ0) is 25.4. The van der Waals surface area contributed by atoms with Crippen molar-refractivity contribution in [1.82, 2.24) is 4.90 Å². The van der Waals surface area contributed by atoms with Gasteiger partial charge in [-0.1, -0.05) is 91.0 Å². The highest BCUT2D eigenvalue weighted by Gasteiger charge is 2.34. The van der Waals surface area contributed by atoms with Crippen molar-refractivity contribution >= 4 is 16.1 Å². The molecule has 0 aliphatic carbocycles. The van der Waals surface area contributed by atoms with Crippen LogP contribution in [0.4, 0.5) is 4.79 Å². The number of benzene rings is 3. The van der Waals surface area contributed by atoms with Gasteiger partial charge in [0.2, 0.25) is 0 Å². The lowest BCUT2D eigenvalue weighted by Crippen LogP contribution is -2.40. The molecule has 0 radical (unpaired) electrons. The van der Waals surface area contributed by atoms with Crippen LogP contribution < -0.4 is 0 Å². The summed E-state index contributed by atoms with van der Waals surface area (Å²) in [6, 6.07) is 33.2. The molecule has 1 saturated heterocycles. The molecule has 4 heteroatoms. The second-order valence-corrected chi connectivity index (χ2v) is 14.8. The van der Waals surface area contributed by atoms with Gasteiger partial charge in [0.25, 0.3) is 0 Å². The highest BCUT2D eigenvalue weighted by Crippen LogP contribution is 2.57. The summed E-state index contributed by atoms with van der Waals surface area (Å²) in [7, 11) is -1.11. The molecule has 3 aromatic carbocycles. The molecule has 0 spiro atoms.